The van der Waals surface area contributed by atoms with Gasteiger partial charge in [0.05, 0.1) is 15.9 Å². The summed E-state index contributed by atoms with van der Waals surface area (Å²) < 4.78 is 5.93. The van der Waals surface area contributed by atoms with Crippen molar-refractivity contribution < 1.29 is 4.74 Å². The molecular weight excluding hydrogens is 356 g/mol. The van der Waals surface area contributed by atoms with E-state index >= 15 is 0 Å². The van der Waals surface area contributed by atoms with E-state index in [1.165, 1.54) is 0 Å². The van der Waals surface area contributed by atoms with Gasteiger partial charge in [0.1, 0.15) is 18.2 Å². The Hall–Kier alpha value is -2.96. The highest BCUT2D eigenvalue weighted by Gasteiger charge is 2.09. The van der Waals surface area contributed by atoms with Crippen LogP contribution < -0.4 is 16.2 Å². The molecule has 0 spiro atoms. The van der Waals surface area contributed by atoms with Crippen LogP contribution in [-0.4, -0.2) is 9.97 Å². The molecule has 0 atom stereocenters. The number of fused-ring (bicyclic) bond motifs is 1. The van der Waals surface area contributed by atoms with Gasteiger partial charge in [0.15, 0.2) is 0 Å². The van der Waals surface area contributed by atoms with Gasteiger partial charge in [-0.15, -0.1) is 11.3 Å². The van der Waals surface area contributed by atoms with Crippen molar-refractivity contribution >= 4 is 28.1 Å². The molecule has 0 amide bonds. The van der Waals surface area contributed by atoms with E-state index in [4.69, 9.17) is 16.2 Å². The Bertz CT molecular complexity index is 1090. The molecule has 0 aliphatic rings. The molecule has 136 valence electrons. The molecule has 0 bridgehead atoms. The van der Waals surface area contributed by atoms with Crippen LogP contribution in [0.4, 0.5) is 5.82 Å². The van der Waals surface area contributed by atoms with Gasteiger partial charge in [-0.3, -0.25) is 4.98 Å². The van der Waals surface area contributed by atoms with Crippen LogP contribution in [0.5, 0.6) is 5.75 Å². The lowest BCUT2D eigenvalue weighted by Gasteiger charge is -2.12. The maximum atomic E-state index is 5.96. The summed E-state index contributed by atoms with van der Waals surface area (Å²) in [5, 5.41) is 1.11. The van der Waals surface area contributed by atoms with Crippen molar-refractivity contribution in [3.63, 3.8) is 0 Å². The van der Waals surface area contributed by atoms with Crippen LogP contribution in [0.2, 0.25) is 0 Å². The number of pyridine rings is 1. The first-order valence-corrected chi connectivity index (χ1v) is 9.52. The molecule has 0 aliphatic carbocycles. The van der Waals surface area contributed by atoms with Crippen molar-refractivity contribution in [2.75, 3.05) is 5.73 Å². The first-order valence-electron chi connectivity index (χ1n) is 8.64. The second kappa shape index (κ2) is 7.34. The Morgan fingerprint density at radius 3 is 2.67 bits per heavy atom. The van der Waals surface area contributed by atoms with Crippen molar-refractivity contribution in [2.24, 2.45) is 5.73 Å². The Labute approximate surface area is 161 Å². The van der Waals surface area contributed by atoms with Crippen molar-refractivity contribution in [2.45, 2.75) is 20.1 Å². The fraction of sp³-hybridized carbons (Fsp3) is 0.143. The quantitative estimate of drug-likeness (QED) is 0.543. The molecule has 6 heteroatoms. The topological polar surface area (TPSA) is 87.0 Å². The number of ether oxygens (including phenoxy) is 1. The van der Waals surface area contributed by atoms with Gasteiger partial charge < -0.3 is 16.2 Å². The molecule has 0 fully saturated rings. The maximum absolute atomic E-state index is 5.96. The number of aromatic nitrogens is 2. The molecule has 4 aromatic rings. The van der Waals surface area contributed by atoms with Gasteiger partial charge in [0.2, 0.25) is 0 Å². The third kappa shape index (κ3) is 3.63. The molecule has 2 heterocycles. The van der Waals surface area contributed by atoms with E-state index in [0.29, 0.717) is 19.0 Å². The summed E-state index contributed by atoms with van der Waals surface area (Å²) in [5.74, 6) is 1.33. The van der Waals surface area contributed by atoms with Gasteiger partial charge in [0.25, 0.3) is 0 Å². The third-order valence-electron chi connectivity index (χ3n) is 4.50. The summed E-state index contributed by atoms with van der Waals surface area (Å²) in [4.78, 5) is 9.61. The van der Waals surface area contributed by atoms with E-state index in [1.54, 1.807) is 16.8 Å². The molecule has 0 unspecified atom stereocenters. The molecule has 27 heavy (non-hydrogen) atoms. The SMILES string of the molecule is Cc1cc(N)nc2cc(-c3ccc(OCc4cncs4)c(CN)c3)ccc12. The van der Waals surface area contributed by atoms with E-state index in [-0.39, 0.29) is 0 Å². The van der Waals surface area contributed by atoms with E-state index < -0.39 is 0 Å². The number of anilines is 1. The van der Waals surface area contributed by atoms with Crippen molar-refractivity contribution in [1.29, 1.82) is 0 Å². The highest BCUT2D eigenvalue weighted by molar-refractivity contribution is 7.09. The normalized spacial score (nSPS) is 11.0. The number of hydrogen-bond donors (Lipinski definition) is 2. The fourth-order valence-electron chi connectivity index (χ4n) is 3.13. The zero-order chi connectivity index (χ0) is 18.8. The monoisotopic (exact) mass is 376 g/mol. The molecule has 2 aromatic carbocycles. The third-order valence-corrected chi connectivity index (χ3v) is 5.26. The molecule has 0 saturated carbocycles. The van der Waals surface area contributed by atoms with Gasteiger partial charge in [-0.1, -0.05) is 18.2 Å². The summed E-state index contributed by atoms with van der Waals surface area (Å²) in [6, 6.07) is 14.2. The Balaban J connectivity index is 1.66. The van der Waals surface area contributed by atoms with Crippen molar-refractivity contribution in [3.8, 4) is 16.9 Å². The molecule has 4 rings (SSSR count). The number of nitrogens with zero attached hydrogens (tertiary/aromatic N) is 2. The first kappa shape index (κ1) is 17.5. The van der Waals surface area contributed by atoms with E-state index in [1.807, 2.05) is 31.3 Å². The predicted octanol–water partition coefficient (Wildman–Crippen LogP) is 4.29. The minimum Gasteiger partial charge on any atom is -0.488 e. The van der Waals surface area contributed by atoms with Gasteiger partial charge in [-0.05, 0) is 47.9 Å². The van der Waals surface area contributed by atoms with E-state index in [0.717, 1.165) is 43.8 Å². The molecule has 0 radical (unpaired) electrons. The number of nitrogens with two attached hydrogens (primary N) is 2. The van der Waals surface area contributed by atoms with Gasteiger partial charge in [0, 0.05) is 23.7 Å². The summed E-state index contributed by atoms with van der Waals surface area (Å²) in [6.45, 7) is 2.95. The van der Waals surface area contributed by atoms with Crippen LogP contribution >= 0.6 is 11.3 Å². The van der Waals surface area contributed by atoms with Crippen LogP contribution in [0.15, 0.2) is 54.2 Å². The average molecular weight is 376 g/mol. The Morgan fingerprint density at radius 2 is 1.89 bits per heavy atom. The van der Waals surface area contributed by atoms with Gasteiger partial charge in [-0.25, -0.2) is 4.98 Å². The summed E-state index contributed by atoms with van der Waals surface area (Å²) in [6.07, 6.45) is 1.82. The number of nitrogen functional groups attached to an aromatic ring is 1. The number of thiazole rings is 1. The maximum Gasteiger partial charge on any atom is 0.124 e. The Morgan fingerprint density at radius 1 is 1.07 bits per heavy atom. The first-order chi connectivity index (χ1) is 13.1. The largest absolute Gasteiger partial charge is 0.488 e. The highest BCUT2D eigenvalue weighted by Crippen LogP contribution is 2.30. The molecule has 0 aliphatic heterocycles. The standard InChI is InChI=1S/C21H20N4OS/c1-13-6-21(23)25-19-8-15(2-4-18(13)19)14-3-5-20(16(7-14)9-22)26-11-17-10-24-12-27-17/h2-8,10,12H,9,11,22H2,1H3,(H2,23,25). The van der Waals surface area contributed by atoms with Crippen LogP contribution in [0.25, 0.3) is 22.0 Å². The molecule has 4 N–H and O–H groups in total. The minimum atomic E-state index is 0.406. The average Bonchev–Trinajstić information content (AvgIpc) is 3.19. The van der Waals surface area contributed by atoms with Crippen molar-refractivity contribution in [1.82, 2.24) is 9.97 Å². The number of hydrogen-bond acceptors (Lipinski definition) is 6. The van der Waals surface area contributed by atoms with Crippen LogP contribution in [-0.2, 0) is 13.2 Å². The number of benzene rings is 2. The zero-order valence-electron chi connectivity index (χ0n) is 15.0. The summed E-state index contributed by atoms with van der Waals surface area (Å²) in [7, 11) is 0. The summed E-state index contributed by atoms with van der Waals surface area (Å²) in [5.41, 5.74) is 18.8. The van der Waals surface area contributed by atoms with E-state index in [2.05, 4.69) is 34.2 Å². The molecule has 5 nitrogen and oxygen atoms in total. The lowest BCUT2D eigenvalue weighted by Crippen LogP contribution is -2.02. The lowest BCUT2D eigenvalue weighted by molar-refractivity contribution is 0.306. The van der Waals surface area contributed by atoms with E-state index in [9.17, 15) is 0 Å². The van der Waals surface area contributed by atoms with Gasteiger partial charge >= 0.3 is 0 Å². The predicted molar refractivity (Wildman–Crippen MR) is 111 cm³/mol. The smallest absolute Gasteiger partial charge is 0.124 e. The van der Waals surface area contributed by atoms with Crippen LogP contribution in [0.3, 0.4) is 0 Å². The number of aryl methyl sites for hydroxylation is 1. The Kier molecular flexibility index (Phi) is 4.75. The highest BCUT2D eigenvalue weighted by atomic mass is 32.1. The minimum absolute atomic E-state index is 0.406. The second-order valence-corrected chi connectivity index (χ2v) is 7.35. The van der Waals surface area contributed by atoms with Gasteiger partial charge in [-0.2, -0.15) is 0 Å². The number of rotatable bonds is 5. The summed E-state index contributed by atoms with van der Waals surface area (Å²) >= 11 is 1.57. The second-order valence-electron chi connectivity index (χ2n) is 6.38. The molecule has 2 aromatic heterocycles. The van der Waals surface area contributed by atoms with Crippen LogP contribution in [0.1, 0.15) is 16.0 Å². The fourth-order valence-corrected chi connectivity index (χ4v) is 3.64. The zero-order valence-corrected chi connectivity index (χ0v) is 15.8. The van der Waals surface area contributed by atoms with Crippen molar-refractivity contribution in [3.05, 3.63) is 70.2 Å². The lowest BCUT2D eigenvalue weighted by atomic mass is 9.99. The molecular formula is C21H20N4OS. The molecule has 0 saturated heterocycles. The van der Waals surface area contributed by atoms with Crippen LogP contribution in [0, 0.1) is 6.92 Å².